The average Bonchev–Trinajstić information content (AvgIpc) is 3.24. The lowest BCUT2D eigenvalue weighted by Gasteiger charge is -2.22. The van der Waals surface area contributed by atoms with E-state index < -0.39 is 35.8 Å². The number of nitrogens with two attached hydrogens (primary N) is 1. The lowest BCUT2D eigenvalue weighted by Crippen LogP contribution is -2.42. The van der Waals surface area contributed by atoms with Gasteiger partial charge in [0.15, 0.2) is 0 Å². The monoisotopic (exact) mass is 451 g/mol. The van der Waals surface area contributed by atoms with E-state index in [0.29, 0.717) is 21.7 Å². The first-order valence-electron chi connectivity index (χ1n) is 10.1. The predicted molar refractivity (Wildman–Crippen MR) is 117 cm³/mol. The molecular formula is C22H21N5O4S. The standard InChI is InChI=1S/C22H21N5O4S/c1-22(13-8-6-12(10-23)7-9-13)20(30)27(21(31)26-22)11-16(28)25-19-17(18(24)29)14-4-2-3-5-15(14)32-19/h6-9H,2-5,11H2,1H3,(H2,24,29)(H,25,28)(H,26,31). The van der Waals surface area contributed by atoms with E-state index in [4.69, 9.17) is 11.0 Å². The molecule has 1 aliphatic heterocycles. The average molecular weight is 452 g/mol. The number of carbonyl (C=O) groups excluding carboxylic acids is 4. The molecule has 0 bridgehead atoms. The summed E-state index contributed by atoms with van der Waals surface area (Å²) in [7, 11) is 0. The van der Waals surface area contributed by atoms with Crippen molar-refractivity contribution in [2.24, 2.45) is 5.73 Å². The van der Waals surface area contributed by atoms with Gasteiger partial charge in [0, 0.05) is 4.88 Å². The number of fused-ring (bicyclic) bond motifs is 1. The topological polar surface area (TPSA) is 145 Å². The first-order valence-corrected chi connectivity index (χ1v) is 10.9. The third-order valence-electron chi connectivity index (χ3n) is 5.84. The van der Waals surface area contributed by atoms with Crippen LogP contribution in [0, 0.1) is 11.3 Å². The van der Waals surface area contributed by atoms with Gasteiger partial charge < -0.3 is 16.4 Å². The molecule has 1 aromatic carbocycles. The molecule has 1 aliphatic carbocycles. The van der Waals surface area contributed by atoms with Crippen molar-refractivity contribution < 1.29 is 19.2 Å². The Kier molecular flexibility index (Phi) is 5.44. The number of urea groups is 1. The number of nitriles is 1. The summed E-state index contributed by atoms with van der Waals surface area (Å²) < 4.78 is 0. The minimum atomic E-state index is -1.36. The van der Waals surface area contributed by atoms with Crippen LogP contribution in [0.5, 0.6) is 0 Å². The van der Waals surface area contributed by atoms with Crippen LogP contribution < -0.4 is 16.4 Å². The van der Waals surface area contributed by atoms with Crippen molar-refractivity contribution in [3.8, 4) is 6.07 Å². The number of amides is 5. The molecule has 4 N–H and O–H groups in total. The normalized spacial score (nSPS) is 19.8. The maximum Gasteiger partial charge on any atom is 0.325 e. The predicted octanol–water partition coefficient (Wildman–Crippen LogP) is 2.00. The molecule has 1 aromatic heterocycles. The largest absolute Gasteiger partial charge is 0.365 e. The minimum Gasteiger partial charge on any atom is -0.365 e. The quantitative estimate of drug-likeness (QED) is 0.595. The Hall–Kier alpha value is -3.71. The Bertz CT molecular complexity index is 1180. The van der Waals surface area contributed by atoms with Crippen molar-refractivity contribution in [1.29, 1.82) is 5.26 Å². The molecule has 2 aliphatic rings. The van der Waals surface area contributed by atoms with Crippen molar-refractivity contribution in [2.75, 3.05) is 11.9 Å². The molecule has 10 heteroatoms. The van der Waals surface area contributed by atoms with Gasteiger partial charge in [0.2, 0.25) is 5.91 Å². The van der Waals surface area contributed by atoms with Gasteiger partial charge in [0.05, 0.1) is 17.2 Å². The van der Waals surface area contributed by atoms with E-state index in [1.807, 2.05) is 6.07 Å². The number of imide groups is 1. The fourth-order valence-electron chi connectivity index (χ4n) is 4.14. The molecule has 32 heavy (non-hydrogen) atoms. The summed E-state index contributed by atoms with van der Waals surface area (Å²) in [5.41, 5.74) is 6.32. The zero-order valence-corrected chi connectivity index (χ0v) is 18.2. The maximum atomic E-state index is 13.0. The van der Waals surface area contributed by atoms with E-state index in [0.717, 1.165) is 41.0 Å². The third kappa shape index (κ3) is 3.61. The second kappa shape index (κ2) is 8.09. The number of carbonyl (C=O) groups is 4. The molecule has 2 heterocycles. The van der Waals surface area contributed by atoms with Crippen LogP contribution in [0.2, 0.25) is 0 Å². The lowest BCUT2D eigenvalue weighted by atomic mass is 9.91. The summed E-state index contributed by atoms with van der Waals surface area (Å²) in [5.74, 6) is -1.79. The van der Waals surface area contributed by atoms with Crippen LogP contribution in [-0.4, -0.2) is 35.2 Å². The van der Waals surface area contributed by atoms with Gasteiger partial charge in [-0.1, -0.05) is 12.1 Å². The van der Waals surface area contributed by atoms with E-state index in [9.17, 15) is 19.2 Å². The number of thiophene rings is 1. The van der Waals surface area contributed by atoms with Crippen molar-refractivity contribution in [3.63, 3.8) is 0 Å². The van der Waals surface area contributed by atoms with Gasteiger partial charge in [-0.05, 0) is 55.9 Å². The Morgan fingerprint density at radius 2 is 1.94 bits per heavy atom. The van der Waals surface area contributed by atoms with Crippen molar-refractivity contribution in [3.05, 3.63) is 51.4 Å². The van der Waals surface area contributed by atoms with E-state index in [1.54, 1.807) is 31.2 Å². The summed E-state index contributed by atoms with van der Waals surface area (Å²) in [6, 6.07) is 7.60. The number of aryl methyl sites for hydroxylation is 1. The molecule has 0 spiro atoms. The van der Waals surface area contributed by atoms with Gasteiger partial charge in [-0.3, -0.25) is 19.3 Å². The molecule has 9 nitrogen and oxygen atoms in total. The summed E-state index contributed by atoms with van der Waals surface area (Å²) >= 11 is 1.32. The highest BCUT2D eigenvalue weighted by molar-refractivity contribution is 7.17. The van der Waals surface area contributed by atoms with Crippen LogP contribution in [0.3, 0.4) is 0 Å². The van der Waals surface area contributed by atoms with Crippen LogP contribution in [0.4, 0.5) is 9.80 Å². The lowest BCUT2D eigenvalue weighted by molar-refractivity contribution is -0.133. The van der Waals surface area contributed by atoms with Crippen molar-refractivity contribution in [2.45, 2.75) is 38.1 Å². The van der Waals surface area contributed by atoms with Crippen molar-refractivity contribution in [1.82, 2.24) is 10.2 Å². The van der Waals surface area contributed by atoms with Crippen LogP contribution in [-0.2, 0) is 28.0 Å². The molecule has 5 amide bonds. The van der Waals surface area contributed by atoms with Gasteiger partial charge in [-0.15, -0.1) is 11.3 Å². The number of hydrogen-bond donors (Lipinski definition) is 3. The Labute approximate surface area is 188 Å². The number of nitrogens with one attached hydrogen (secondary N) is 2. The summed E-state index contributed by atoms with van der Waals surface area (Å²) in [4.78, 5) is 52.1. The summed E-state index contributed by atoms with van der Waals surface area (Å²) in [5, 5.41) is 14.6. The minimum absolute atomic E-state index is 0.317. The SMILES string of the molecule is CC1(c2ccc(C#N)cc2)NC(=O)N(CC(=O)Nc2sc3c(c2C(N)=O)CCCC3)C1=O. The van der Waals surface area contributed by atoms with Crippen molar-refractivity contribution >= 4 is 40.1 Å². The van der Waals surface area contributed by atoms with E-state index in [2.05, 4.69) is 10.6 Å². The molecule has 0 saturated carbocycles. The number of benzene rings is 1. The highest BCUT2D eigenvalue weighted by Gasteiger charge is 2.49. The maximum absolute atomic E-state index is 13.0. The first kappa shape index (κ1) is 21.5. The Morgan fingerprint density at radius 3 is 2.59 bits per heavy atom. The van der Waals surface area contributed by atoms with E-state index in [1.165, 1.54) is 11.3 Å². The smallest absolute Gasteiger partial charge is 0.325 e. The molecule has 164 valence electrons. The summed E-state index contributed by atoms with van der Waals surface area (Å²) in [6.07, 6.45) is 3.52. The Morgan fingerprint density at radius 1 is 1.25 bits per heavy atom. The molecule has 4 rings (SSSR count). The highest BCUT2D eigenvalue weighted by Crippen LogP contribution is 2.38. The number of anilines is 1. The number of primary amides is 1. The van der Waals surface area contributed by atoms with Gasteiger partial charge in [-0.25, -0.2) is 4.79 Å². The molecule has 0 radical (unpaired) electrons. The Balaban J connectivity index is 1.52. The molecule has 1 saturated heterocycles. The zero-order chi connectivity index (χ0) is 23.0. The third-order valence-corrected chi connectivity index (χ3v) is 7.05. The first-order chi connectivity index (χ1) is 15.2. The van der Waals surface area contributed by atoms with Crippen LogP contribution in [0.15, 0.2) is 24.3 Å². The molecular weight excluding hydrogens is 430 g/mol. The van der Waals surface area contributed by atoms with Crippen LogP contribution >= 0.6 is 11.3 Å². The molecule has 1 fully saturated rings. The number of hydrogen-bond acceptors (Lipinski definition) is 6. The fraction of sp³-hybridized carbons (Fsp3) is 0.318. The molecule has 1 atom stereocenters. The van der Waals surface area contributed by atoms with Crippen LogP contribution in [0.25, 0.3) is 0 Å². The summed E-state index contributed by atoms with van der Waals surface area (Å²) in [6.45, 7) is 1.04. The number of nitrogens with zero attached hydrogens (tertiary/aromatic N) is 2. The molecule has 1 unspecified atom stereocenters. The molecule has 2 aromatic rings. The van der Waals surface area contributed by atoms with Gasteiger partial charge in [0.1, 0.15) is 17.1 Å². The zero-order valence-electron chi connectivity index (χ0n) is 17.4. The van der Waals surface area contributed by atoms with Gasteiger partial charge >= 0.3 is 6.03 Å². The van der Waals surface area contributed by atoms with E-state index >= 15 is 0 Å². The second-order valence-electron chi connectivity index (χ2n) is 7.96. The number of rotatable bonds is 5. The van der Waals surface area contributed by atoms with E-state index in [-0.39, 0.29) is 0 Å². The van der Waals surface area contributed by atoms with Gasteiger partial charge in [-0.2, -0.15) is 5.26 Å². The highest BCUT2D eigenvalue weighted by atomic mass is 32.1. The van der Waals surface area contributed by atoms with Gasteiger partial charge in [0.25, 0.3) is 11.8 Å². The second-order valence-corrected chi connectivity index (χ2v) is 9.07. The fourth-order valence-corrected chi connectivity index (χ4v) is 5.45. The van der Waals surface area contributed by atoms with Crippen LogP contribution in [0.1, 0.15) is 51.7 Å².